The zero-order valence-corrected chi connectivity index (χ0v) is 14.1. The molecule has 0 spiro atoms. The highest BCUT2D eigenvalue weighted by atomic mass is 16.5. The number of amides is 1. The van der Waals surface area contributed by atoms with E-state index >= 15 is 0 Å². The van der Waals surface area contributed by atoms with Crippen LogP contribution in [0, 0.1) is 19.8 Å². The van der Waals surface area contributed by atoms with Gasteiger partial charge in [0.2, 0.25) is 0 Å². The van der Waals surface area contributed by atoms with Gasteiger partial charge in [0.15, 0.2) is 0 Å². The van der Waals surface area contributed by atoms with Gasteiger partial charge in [0.1, 0.15) is 5.75 Å². The van der Waals surface area contributed by atoms with E-state index in [2.05, 4.69) is 0 Å². The number of ether oxygens (including phenoxy) is 1. The van der Waals surface area contributed by atoms with Gasteiger partial charge in [-0.3, -0.25) is 9.59 Å². The van der Waals surface area contributed by atoms with Crippen LogP contribution in [0.5, 0.6) is 5.75 Å². The first kappa shape index (κ1) is 17.3. The fourth-order valence-corrected chi connectivity index (χ4v) is 3.39. The van der Waals surface area contributed by atoms with Gasteiger partial charge in [-0.15, -0.1) is 0 Å². The van der Waals surface area contributed by atoms with Crippen molar-refractivity contribution in [1.29, 1.82) is 0 Å². The third kappa shape index (κ3) is 4.24. The van der Waals surface area contributed by atoms with Crippen molar-refractivity contribution < 1.29 is 19.4 Å². The van der Waals surface area contributed by atoms with Crippen molar-refractivity contribution in [2.75, 3.05) is 20.2 Å². The monoisotopic (exact) mass is 319 g/mol. The van der Waals surface area contributed by atoms with Gasteiger partial charge in [0.05, 0.1) is 7.11 Å². The molecule has 1 saturated heterocycles. The summed E-state index contributed by atoms with van der Waals surface area (Å²) in [6.07, 6.45) is 2.75. The number of nitrogens with zero attached hydrogens (tertiary/aromatic N) is 1. The smallest absolute Gasteiger partial charge is 0.303 e. The average Bonchev–Trinajstić information content (AvgIpc) is 2.52. The molecule has 0 bridgehead atoms. The minimum absolute atomic E-state index is 0.0267. The van der Waals surface area contributed by atoms with Crippen LogP contribution in [-0.2, 0) is 4.79 Å². The molecule has 0 aromatic heterocycles. The minimum atomic E-state index is -0.769. The Hall–Kier alpha value is -2.04. The fraction of sp³-hybridized carbons (Fsp3) is 0.556. The molecule has 1 aromatic rings. The maximum Gasteiger partial charge on any atom is 0.303 e. The molecule has 0 saturated carbocycles. The van der Waals surface area contributed by atoms with Crippen molar-refractivity contribution in [3.63, 3.8) is 0 Å². The third-order valence-electron chi connectivity index (χ3n) is 4.48. The van der Waals surface area contributed by atoms with Crippen LogP contribution in [0.1, 0.15) is 47.2 Å². The van der Waals surface area contributed by atoms with Crippen molar-refractivity contribution in [3.05, 3.63) is 28.8 Å². The SMILES string of the molecule is COc1c(C)cc(C(=O)N2CCCC(CCC(=O)O)C2)cc1C. The summed E-state index contributed by atoms with van der Waals surface area (Å²) in [5, 5.41) is 8.82. The summed E-state index contributed by atoms with van der Waals surface area (Å²) >= 11 is 0. The lowest BCUT2D eigenvalue weighted by Crippen LogP contribution is -2.40. The van der Waals surface area contributed by atoms with Gasteiger partial charge < -0.3 is 14.7 Å². The van der Waals surface area contributed by atoms with Crippen LogP contribution >= 0.6 is 0 Å². The highest BCUT2D eigenvalue weighted by molar-refractivity contribution is 5.95. The largest absolute Gasteiger partial charge is 0.496 e. The van der Waals surface area contributed by atoms with E-state index in [0.717, 1.165) is 36.3 Å². The molecule has 1 N–H and O–H groups in total. The predicted molar refractivity (Wildman–Crippen MR) is 88.0 cm³/mol. The Kier molecular flexibility index (Phi) is 5.64. The lowest BCUT2D eigenvalue weighted by molar-refractivity contribution is -0.137. The van der Waals surface area contributed by atoms with Gasteiger partial charge in [0.25, 0.3) is 5.91 Å². The summed E-state index contributed by atoms with van der Waals surface area (Å²) in [5.74, 6) is 0.359. The molecule has 1 atom stereocenters. The van der Waals surface area contributed by atoms with Crippen molar-refractivity contribution >= 4 is 11.9 Å². The molecular weight excluding hydrogens is 294 g/mol. The Labute approximate surface area is 137 Å². The number of carbonyl (C=O) groups is 2. The van der Waals surface area contributed by atoms with E-state index in [0.29, 0.717) is 18.5 Å². The van der Waals surface area contributed by atoms with Crippen molar-refractivity contribution in [2.45, 2.75) is 39.5 Å². The number of aliphatic carboxylic acids is 1. The number of aryl methyl sites for hydroxylation is 2. The second-order valence-electron chi connectivity index (χ2n) is 6.34. The number of hydrogen-bond acceptors (Lipinski definition) is 3. The van der Waals surface area contributed by atoms with Crippen LogP contribution in [-0.4, -0.2) is 42.1 Å². The van der Waals surface area contributed by atoms with E-state index < -0.39 is 5.97 Å². The highest BCUT2D eigenvalue weighted by Gasteiger charge is 2.25. The van der Waals surface area contributed by atoms with Crippen molar-refractivity contribution in [3.8, 4) is 5.75 Å². The summed E-state index contributed by atoms with van der Waals surface area (Å²) in [5.41, 5.74) is 2.59. The minimum Gasteiger partial charge on any atom is -0.496 e. The molecule has 0 radical (unpaired) electrons. The van der Waals surface area contributed by atoms with Crippen LogP contribution in [0.4, 0.5) is 0 Å². The fourth-order valence-electron chi connectivity index (χ4n) is 3.39. The third-order valence-corrected chi connectivity index (χ3v) is 4.48. The molecule has 1 heterocycles. The van der Waals surface area contributed by atoms with Crippen LogP contribution in [0.2, 0.25) is 0 Å². The Morgan fingerprint density at radius 3 is 2.52 bits per heavy atom. The van der Waals surface area contributed by atoms with Gasteiger partial charge in [-0.05, 0) is 62.3 Å². The molecular formula is C18H25NO4. The molecule has 5 nitrogen and oxygen atoms in total. The molecule has 5 heteroatoms. The number of piperidine rings is 1. The topological polar surface area (TPSA) is 66.8 Å². The molecule has 1 unspecified atom stereocenters. The molecule has 2 rings (SSSR count). The number of hydrogen-bond donors (Lipinski definition) is 1. The van der Waals surface area contributed by atoms with Crippen LogP contribution in [0.15, 0.2) is 12.1 Å². The molecule has 0 aliphatic carbocycles. The second kappa shape index (κ2) is 7.49. The van der Waals surface area contributed by atoms with Gasteiger partial charge in [-0.25, -0.2) is 0 Å². The van der Waals surface area contributed by atoms with E-state index in [1.807, 2.05) is 30.9 Å². The Balaban J connectivity index is 2.09. The summed E-state index contributed by atoms with van der Waals surface area (Å²) in [7, 11) is 1.63. The standard InChI is InChI=1S/C18H25NO4/c1-12-9-15(10-13(2)17(12)23-3)18(22)19-8-4-5-14(11-19)6-7-16(20)21/h9-10,14H,4-8,11H2,1-3H3,(H,20,21). The quantitative estimate of drug-likeness (QED) is 0.906. The van der Waals surface area contributed by atoms with Gasteiger partial charge in [0, 0.05) is 25.1 Å². The van der Waals surface area contributed by atoms with E-state index in [9.17, 15) is 9.59 Å². The Bertz CT molecular complexity index is 574. The summed E-state index contributed by atoms with van der Waals surface area (Å²) < 4.78 is 5.35. The number of likely N-dealkylation sites (tertiary alicyclic amines) is 1. The van der Waals surface area contributed by atoms with E-state index in [-0.39, 0.29) is 18.2 Å². The van der Waals surface area contributed by atoms with Gasteiger partial charge in [-0.2, -0.15) is 0 Å². The molecule has 1 amide bonds. The number of carboxylic acid groups (broad SMARTS) is 1. The Morgan fingerprint density at radius 2 is 1.96 bits per heavy atom. The van der Waals surface area contributed by atoms with Gasteiger partial charge in [-0.1, -0.05) is 0 Å². The normalized spacial score (nSPS) is 17.9. The summed E-state index contributed by atoms with van der Waals surface area (Å²) in [6.45, 7) is 5.27. The number of methoxy groups -OCH3 is 1. The van der Waals surface area contributed by atoms with E-state index in [1.165, 1.54) is 0 Å². The number of carbonyl (C=O) groups excluding carboxylic acids is 1. The first-order chi connectivity index (χ1) is 10.9. The molecule has 1 aliphatic heterocycles. The van der Waals surface area contributed by atoms with Crippen LogP contribution in [0.3, 0.4) is 0 Å². The maximum atomic E-state index is 12.8. The zero-order chi connectivity index (χ0) is 17.0. The average molecular weight is 319 g/mol. The lowest BCUT2D eigenvalue weighted by Gasteiger charge is -2.33. The zero-order valence-electron chi connectivity index (χ0n) is 14.1. The molecule has 23 heavy (non-hydrogen) atoms. The molecule has 1 aliphatic rings. The lowest BCUT2D eigenvalue weighted by atomic mass is 9.92. The first-order valence-electron chi connectivity index (χ1n) is 8.08. The maximum absolute atomic E-state index is 12.8. The van der Waals surface area contributed by atoms with E-state index in [1.54, 1.807) is 7.11 Å². The number of benzene rings is 1. The molecule has 1 fully saturated rings. The van der Waals surface area contributed by atoms with E-state index in [4.69, 9.17) is 9.84 Å². The number of rotatable bonds is 5. The highest BCUT2D eigenvalue weighted by Crippen LogP contribution is 2.27. The first-order valence-corrected chi connectivity index (χ1v) is 8.08. The molecule has 1 aromatic carbocycles. The van der Waals surface area contributed by atoms with Crippen LogP contribution in [0.25, 0.3) is 0 Å². The number of carboxylic acids is 1. The summed E-state index contributed by atoms with van der Waals surface area (Å²) in [4.78, 5) is 25.3. The van der Waals surface area contributed by atoms with Crippen LogP contribution < -0.4 is 4.74 Å². The van der Waals surface area contributed by atoms with Gasteiger partial charge >= 0.3 is 5.97 Å². The van der Waals surface area contributed by atoms with Crippen molar-refractivity contribution in [1.82, 2.24) is 4.90 Å². The molecule has 126 valence electrons. The second-order valence-corrected chi connectivity index (χ2v) is 6.34. The Morgan fingerprint density at radius 1 is 1.30 bits per heavy atom. The van der Waals surface area contributed by atoms with Crippen molar-refractivity contribution in [2.24, 2.45) is 5.92 Å². The summed E-state index contributed by atoms with van der Waals surface area (Å²) in [6, 6.07) is 3.74. The predicted octanol–water partition coefficient (Wildman–Crippen LogP) is 3.03.